The highest BCUT2D eigenvalue weighted by Gasteiger charge is 2.19. The standard InChI is InChI=1S/C23H24BrN5O3/c1-14-11-18(15(2)29(14)10-9-16-5-7-17(32-4)8-6-16)19(30)12-28-13-25-22-20(23(28)31)21(24)26-27(22)3/h5-8,11,13H,9-10,12H2,1-4H3. The number of benzene rings is 1. The van der Waals surface area contributed by atoms with Gasteiger partial charge in [0.15, 0.2) is 11.4 Å². The Hall–Kier alpha value is -3.20. The van der Waals surface area contributed by atoms with Crippen molar-refractivity contribution in [3.05, 3.63) is 74.1 Å². The zero-order chi connectivity index (χ0) is 23.0. The quantitative estimate of drug-likeness (QED) is 0.365. The maximum atomic E-state index is 13.1. The Balaban J connectivity index is 1.55. The van der Waals surface area contributed by atoms with Crippen molar-refractivity contribution in [3.8, 4) is 5.75 Å². The van der Waals surface area contributed by atoms with Crippen LogP contribution < -0.4 is 10.3 Å². The number of hydrogen-bond donors (Lipinski definition) is 0. The number of Topliss-reactive ketones (excluding diaryl/α,β-unsaturated/α-hetero) is 1. The van der Waals surface area contributed by atoms with Gasteiger partial charge in [-0.1, -0.05) is 12.1 Å². The van der Waals surface area contributed by atoms with Gasteiger partial charge in [-0.3, -0.25) is 14.2 Å². The molecule has 0 aliphatic heterocycles. The van der Waals surface area contributed by atoms with Gasteiger partial charge in [0.2, 0.25) is 0 Å². The first-order valence-electron chi connectivity index (χ1n) is 10.2. The summed E-state index contributed by atoms with van der Waals surface area (Å²) < 4.78 is 10.6. The van der Waals surface area contributed by atoms with Crippen LogP contribution in [0, 0.1) is 13.8 Å². The number of ether oxygens (including phenoxy) is 1. The number of methoxy groups -OCH3 is 1. The van der Waals surface area contributed by atoms with E-state index in [1.54, 1.807) is 14.2 Å². The molecule has 0 amide bonds. The van der Waals surface area contributed by atoms with Crippen LogP contribution in [0.2, 0.25) is 0 Å². The van der Waals surface area contributed by atoms with Gasteiger partial charge in [-0.15, -0.1) is 0 Å². The summed E-state index contributed by atoms with van der Waals surface area (Å²) in [5.74, 6) is 0.702. The van der Waals surface area contributed by atoms with Crippen molar-refractivity contribution >= 4 is 32.7 Å². The fourth-order valence-electron chi connectivity index (χ4n) is 3.95. The number of aryl methyl sites for hydroxylation is 3. The number of hydrogen-bond acceptors (Lipinski definition) is 5. The lowest BCUT2D eigenvalue weighted by Gasteiger charge is -2.11. The third-order valence-corrected chi connectivity index (χ3v) is 6.29. The molecular weight excluding hydrogens is 474 g/mol. The zero-order valence-electron chi connectivity index (χ0n) is 18.4. The van der Waals surface area contributed by atoms with Crippen molar-refractivity contribution in [1.82, 2.24) is 23.9 Å². The fourth-order valence-corrected chi connectivity index (χ4v) is 4.53. The first-order chi connectivity index (χ1) is 15.3. The van der Waals surface area contributed by atoms with Crippen molar-refractivity contribution in [1.29, 1.82) is 0 Å². The van der Waals surface area contributed by atoms with Crippen LogP contribution in [0.4, 0.5) is 0 Å². The van der Waals surface area contributed by atoms with Gasteiger partial charge in [0, 0.05) is 30.5 Å². The van der Waals surface area contributed by atoms with Gasteiger partial charge in [0.25, 0.3) is 5.56 Å². The molecular formula is C23H24BrN5O3. The SMILES string of the molecule is COc1ccc(CCn2c(C)cc(C(=O)Cn3cnc4c(c(Br)nn4C)c3=O)c2C)cc1. The van der Waals surface area contributed by atoms with E-state index in [0.717, 1.165) is 30.1 Å². The lowest BCUT2D eigenvalue weighted by molar-refractivity contribution is 0.0970. The largest absolute Gasteiger partial charge is 0.497 e. The number of halogens is 1. The Bertz CT molecular complexity index is 1370. The van der Waals surface area contributed by atoms with Gasteiger partial charge in [0.05, 0.1) is 13.7 Å². The molecule has 0 N–H and O–H groups in total. The number of carbonyl (C=O) groups excluding carboxylic acids is 1. The lowest BCUT2D eigenvalue weighted by atomic mass is 10.1. The summed E-state index contributed by atoms with van der Waals surface area (Å²) >= 11 is 3.30. The Labute approximate surface area is 193 Å². The van der Waals surface area contributed by atoms with E-state index in [2.05, 4.69) is 30.6 Å². The lowest BCUT2D eigenvalue weighted by Crippen LogP contribution is -2.25. The second-order valence-electron chi connectivity index (χ2n) is 7.75. The molecule has 0 radical (unpaired) electrons. The minimum absolute atomic E-state index is 0.0775. The van der Waals surface area contributed by atoms with Crippen LogP contribution >= 0.6 is 15.9 Å². The molecule has 3 heterocycles. The highest BCUT2D eigenvalue weighted by atomic mass is 79.9. The van der Waals surface area contributed by atoms with Crippen molar-refractivity contribution < 1.29 is 9.53 Å². The Morgan fingerprint density at radius 3 is 2.59 bits per heavy atom. The van der Waals surface area contributed by atoms with E-state index < -0.39 is 0 Å². The maximum absolute atomic E-state index is 13.1. The van der Waals surface area contributed by atoms with Crippen LogP contribution in [0.3, 0.4) is 0 Å². The highest BCUT2D eigenvalue weighted by Crippen LogP contribution is 2.20. The summed E-state index contributed by atoms with van der Waals surface area (Å²) in [5, 5.41) is 4.54. The van der Waals surface area contributed by atoms with Crippen LogP contribution in [0.25, 0.3) is 11.0 Å². The van der Waals surface area contributed by atoms with E-state index in [1.165, 1.54) is 21.1 Å². The van der Waals surface area contributed by atoms with E-state index >= 15 is 0 Å². The number of ketones is 1. The number of carbonyl (C=O) groups is 1. The van der Waals surface area contributed by atoms with Gasteiger partial charge in [-0.05, 0) is 60.0 Å². The van der Waals surface area contributed by atoms with Crippen LogP contribution in [0.1, 0.15) is 27.3 Å². The predicted molar refractivity (Wildman–Crippen MR) is 125 cm³/mol. The van der Waals surface area contributed by atoms with E-state index in [1.807, 2.05) is 44.2 Å². The summed E-state index contributed by atoms with van der Waals surface area (Å²) in [6.07, 6.45) is 2.24. The molecule has 1 aromatic carbocycles. The molecule has 0 aliphatic rings. The second kappa shape index (κ2) is 8.74. The van der Waals surface area contributed by atoms with Crippen LogP contribution in [0.5, 0.6) is 5.75 Å². The van der Waals surface area contributed by atoms with Gasteiger partial charge in [-0.25, -0.2) is 9.67 Å². The second-order valence-corrected chi connectivity index (χ2v) is 8.50. The normalized spacial score (nSPS) is 11.3. The van der Waals surface area contributed by atoms with Crippen molar-refractivity contribution in [2.24, 2.45) is 7.05 Å². The molecule has 4 aromatic rings. The monoisotopic (exact) mass is 497 g/mol. The highest BCUT2D eigenvalue weighted by molar-refractivity contribution is 9.10. The van der Waals surface area contributed by atoms with E-state index in [-0.39, 0.29) is 17.9 Å². The first kappa shape index (κ1) is 22.0. The molecule has 8 nitrogen and oxygen atoms in total. The van der Waals surface area contributed by atoms with Crippen molar-refractivity contribution in [2.45, 2.75) is 33.4 Å². The van der Waals surface area contributed by atoms with E-state index in [9.17, 15) is 9.59 Å². The summed E-state index contributed by atoms with van der Waals surface area (Å²) in [6, 6.07) is 9.88. The molecule has 32 heavy (non-hydrogen) atoms. The fraction of sp³-hybridized carbons (Fsp3) is 0.304. The number of aromatic nitrogens is 5. The molecule has 0 unspecified atom stereocenters. The first-order valence-corrected chi connectivity index (χ1v) is 11.0. The molecule has 9 heteroatoms. The summed E-state index contributed by atoms with van der Waals surface area (Å²) in [6.45, 7) is 4.61. The van der Waals surface area contributed by atoms with Crippen molar-refractivity contribution in [3.63, 3.8) is 0 Å². The third-order valence-electron chi connectivity index (χ3n) is 5.74. The van der Waals surface area contributed by atoms with Gasteiger partial charge >= 0.3 is 0 Å². The van der Waals surface area contributed by atoms with Crippen LogP contribution in [0.15, 0.2) is 46.1 Å². The summed E-state index contributed by atoms with van der Waals surface area (Å²) in [4.78, 5) is 30.2. The van der Waals surface area contributed by atoms with Gasteiger partial charge < -0.3 is 9.30 Å². The molecule has 0 saturated carbocycles. The maximum Gasteiger partial charge on any atom is 0.266 e. The predicted octanol–water partition coefficient (Wildman–Crippen LogP) is 3.45. The Kier molecular flexibility index (Phi) is 6.01. The van der Waals surface area contributed by atoms with Gasteiger partial charge in [0.1, 0.15) is 22.1 Å². The smallest absolute Gasteiger partial charge is 0.266 e. The minimum Gasteiger partial charge on any atom is -0.497 e. The average molecular weight is 498 g/mol. The van der Waals surface area contributed by atoms with Crippen molar-refractivity contribution in [2.75, 3.05) is 7.11 Å². The molecule has 0 atom stereocenters. The molecule has 0 spiro atoms. The molecule has 0 bridgehead atoms. The summed E-state index contributed by atoms with van der Waals surface area (Å²) in [5.41, 5.74) is 3.90. The zero-order valence-corrected chi connectivity index (χ0v) is 20.0. The minimum atomic E-state index is -0.295. The molecule has 4 rings (SSSR count). The molecule has 0 saturated heterocycles. The van der Waals surface area contributed by atoms with E-state index in [0.29, 0.717) is 21.2 Å². The average Bonchev–Trinajstić information content (AvgIpc) is 3.23. The molecule has 166 valence electrons. The molecule has 0 aliphatic carbocycles. The Morgan fingerprint density at radius 2 is 1.91 bits per heavy atom. The molecule has 0 fully saturated rings. The van der Waals surface area contributed by atoms with Crippen LogP contribution in [-0.2, 0) is 26.6 Å². The number of rotatable bonds is 7. The summed E-state index contributed by atoms with van der Waals surface area (Å²) in [7, 11) is 3.37. The molecule has 3 aromatic heterocycles. The van der Waals surface area contributed by atoms with Crippen LogP contribution in [-0.4, -0.2) is 36.8 Å². The van der Waals surface area contributed by atoms with Gasteiger partial charge in [-0.2, -0.15) is 5.10 Å². The van der Waals surface area contributed by atoms with E-state index in [4.69, 9.17) is 4.74 Å². The third kappa shape index (κ3) is 4.00. The Morgan fingerprint density at radius 1 is 1.19 bits per heavy atom. The topological polar surface area (TPSA) is 83.9 Å². The number of nitrogens with zero attached hydrogens (tertiary/aromatic N) is 5. The number of fused-ring (bicyclic) bond motifs is 1.